The molecule has 0 fully saturated rings. The molecule has 3 nitrogen and oxygen atoms in total. The molecule has 0 unspecified atom stereocenters. The lowest BCUT2D eigenvalue weighted by Crippen LogP contribution is -2.34. The molecule has 0 amide bonds. The van der Waals surface area contributed by atoms with Crippen LogP contribution in [0.3, 0.4) is 0 Å². The van der Waals surface area contributed by atoms with Crippen molar-refractivity contribution in [1.82, 2.24) is 10.6 Å². The van der Waals surface area contributed by atoms with E-state index in [4.69, 9.17) is 0 Å². The average Bonchev–Trinajstić information content (AvgIpc) is 2.16. The van der Waals surface area contributed by atoms with Gasteiger partial charge in [0.25, 0.3) is 0 Å². The summed E-state index contributed by atoms with van der Waals surface area (Å²) >= 11 is 0. The first-order valence-corrected chi connectivity index (χ1v) is 4.56. The number of hydrogen-bond acceptors (Lipinski definition) is 3. The molecule has 1 rings (SSSR count). The lowest BCUT2D eigenvalue weighted by molar-refractivity contribution is -0.145. The van der Waals surface area contributed by atoms with E-state index in [1.54, 1.807) is 0 Å². The number of hydroxylamine groups is 1. The van der Waals surface area contributed by atoms with Gasteiger partial charge in [-0.3, -0.25) is 5.21 Å². The van der Waals surface area contributed by atoms with E-state index in [0.717, 1.165) is 23.7 Å². The van der Waals surface area contributed by atoms with Gasteiger partial charge in [0, 0.05) is 6.54 Å². The largest absolute Gasteiger partial charge is 0.299 e. The molecule has 0 aromatic heterocycles. The molecule has 0 atom stereocenters. The molecule has 0 spiro atoms. The maximum absolute atomic E-state index is 9.36. The molecule has 0 radical (unpaired) electrons. The van der Waals surface area contributed by atoms with Crippen molar-refractivity contribution in [3.05, 3.63) is 35.9 Å². The van der Waals surface area contributed by atoms with Crippen LogP contribution < -0.4 is 5.43 Å². The molecule has 0 aliphatic carbocycles. The van der Waals surface area contributed by atoms with E-state index in [9.17, 15) is 5.21 Å². The van der Waals surface area contributed by atoms with Crippen molar-refractivity contribution in [2.75, 3.05) is 6.54 Å². The highest BCUT2D eigenvalue weighted by molar-refractivity contribution is 5.13. The fraction of sp³-hybridized carbons (Fsp3) is 0.400. The van der Waals surface area contributed by atoms with Gasteiger partial charge in [-0.1, -0.05) is 37.3 Å². The lowest BCUT2D eigenvalue weighted by atomic mass is 10.2. The van der Waals surface area contributed by atoms with Gasteiger partial charge in [0.15, 0.2) is 0 Å². The Hall–Kier alpha value is -0.900. The first-order chi connectivity index (χ1) is 6.33. The van der Waals surface area contributed by atoms with Gasteiger partial charge in [-0.15, -0.1) is 5.17 Å². The summed E-state index contributed by atoms with van der Waals surface area (Å²) in [5, 5.41) is 10.5. The second-order valence-corrected chi connectivity index (χ2v) is 2.95. The zero-order valence-electron chi connectivity index (χ0n) is 7.90. The van der Waals surface area contributed by atoms with Crippen LogP contribution in [-0.4, -0.2) is 16.9 Å². The third kappa shape index (κ3) is 4.03. The summed E-state index contributed by atoms with van der Waals surface area (Å²) in [7, 11) is 0. The predicted molar refractivity (Wildman–Crippen MR) is 52.1 cm³/mol. The Labute approximate surface area is 78.9 Å². The fourth-order valence-electron chi connectivity index (χ4n) is 1.05. The highest BCUT2D eigenvalue weighted by Crippen LogP contribution is 2.00. The second kappa shape index (κ2) is 5.70. The fourth-order valence-corrected chi connectivity index (χ4v) is 1.05. The van der Waals surface area contributed by atoms with Crippen LogP contribution in [-0.2, 0) is 6.54 Å². The molecule has 0 bridgehead atoms. The highest BCUT2D eigenvalue weighted by Gasteiger charge is 1.98. The maximum atomic E-state index is 9.36. The smallest absolute Gasteiger partial charge is 0.0649 e. The molecule has 2 N–H and O–H groups in total. The van der Waals surface area contributed by atoms with E-state index in [1.165, 1.54) is 0 Å². The number of benzene rings is 1. The van der Waals surface area contributed by atoms with Crippen LogP contribution in [0.5, 0.6) is 0 Å². The standard InChI is InChI=1S/C10H16N2O/c1-2-8-11-12(13)9-10-6-4-3-5-7-10/h3-7,11,13H,2,8-9H2,1H3. The van der Waals surface area contributed by atoms with Crippen molar-refractivity contribution in [3.63, 3.8) is 0 Å². The molecule has 0 saturated carbocycles. The van der Waals surface area contributed by atoms with Gasteiger partial charge in [0.05, 0.1) is 6.54 Å². The summed E-state index contributed by atoms with van der Waals surface area (Å²) < 4.78 is 0. The molecule has 0 aliphatic heterocycles. The predicted octanol–water partition coefficient (Wildman–Crippen LogP) is 1.79. The Morgan fingerprint density at radius 3 is 2.62 bits per heavy atom. The van der Waals surface area contributed by atoms with Gasteiger partial charge in [0.2, 0.25) is 0 Å². The third-order valence-corrected chi connectivity index (χ3v) is 1.72. The maximum Gasteiger partial charge on any atom is 0.0649 e. The van der Waals surface area contributed by atoms with Crippen molar-refractivity contribution < 1.29 is 5.21 Å². The van der Waals surface area contributed by atoms with Crippen LogP contribution in [0.1, 0.15) is 18.9 Å². The van der Waals surface area contributed by atoms with Crippen molar-refractivity contribution in [1.29, 1.82) is 0 Å². The SMILES string of the molecule is CCCNN(O)Cc1ccccc1. The summed E-state index contributed by atoms with van der Waals surface area (Å²) in [6.45, 7) is 3.37. The van der Waals surface area contributed by atoms with Crippen molar-refractivity contribution in [2.24, 2.45) is 0 Å². The molecule has 0 heterocycles. The Morgan fingerprint density at radius 2 is 2.00 bits per heavy atom. The Bertz CT molecular complexity index is 226. The number of hydrogen-bond donors (Lipinski definition) is 2. The average molecular weight is 180 g/mol. The van der Waals surface area contributed by atoms with Gasteiger partial charge in [-0.25, -0.2) is 5.43 Å². The Morgan fingerprint density at radius 1 is 1.31 bits per heavy atom. The van der Waals surface area contributed by atoms with Crippen LogP contribution in [0.2, 0.25) is 0 Å². The Balaban J connectivity index is 2.32. The lowest BCUT2D eigenvalue weighted by Gasteiger charge is -2.15. The molecular formula is C10H16N2O. The van der Waals surface area contributed by atoms with Crippen molar-refractivity contribution in [2.45, 2.75) is 19.9 Å². The Kier molecular flexibility index (Phi) is 4.46. The first kappa shape index (κ1) is 10.2. The van der Waals surface area contributed by atoms with Gasteiger partial charge in [0.1, 0.15) is 0 Å². The van der Waals surface area contributed by atoms with Gasteiger partial charge in [-0.2, -0.15) is 0 Å². The molecule has 1 aromatic carbocycles. The molecule has 0 saturated heterocycles. The van der Waals surface area contributed by atoms with Crippen LogP contribution >= 0.6 is 0 Å². The number of rotatable bonds is 5. The normalized spacial score (nSPS) is 10.7. The minimum Gasteiger partial charge on any atom is -0.299 e. The van der Waals surface area contributed by atoms with Crippen molar-refractivity contribution >= 4 is 0 Å². The van der Waals surface area contributed by atoms with Crippen LogP contribution in [0.25, 0.3) is 0 Å². The highest BCUT2D eigenvalue weighted by atomic mass is 16.5. The zero-order chi connectivity index (χ0) is 9.52. The van der Waals surface area contributed by atoms with Crippen LogP contribution in [0.4, 0.5) is 0 Å². The second-order valence-electron chi connectivity index (χ2n) is 2.95. The molecule has 0 aliphatic rings. The molecule has 72 valence electrons. The van der Waals surface area contributed by atoms with E-state index in [0.29, 0.717) is 6.54 Å². The summed E-state index contributed by atoms with van der Waals surface area (Å²) in [6.07, 6.45) is 1.01. The number of nitrogens with zero attached hydrogens (tertiary/aromatic N) is 1. The zero-order valence-corrected chi connectivity index (χ0v) is 7.90. The van der Waals surface area contributed by atoms with E-state index < -0.39 is 0 Å². The van der Waals surface area contributed by atoms with Crippen molar-refractivity contribution in [3.8, 4) is 0 Å². The molecule has 13 heavy (non-hydrogen) atoms. The molecule has 1 aromatic rings. The van der Waals surface area contributed by atoms with E-state index in [-0.39, 0.29) is 0 Å². The summed E-state index contributed by atoms with van der Waals surface area (Å²) in [4.78, 5) is 0. The van der Waals surface area contributed by atoms with E-state index >= 15 is 0 Å². The summed E-state index contributed by atoms with van der Waals surface area (Å²) in [6, 6.07) is 9.85. The van der Waals surface area contributed by atoms with Crippen LogP contribution in [0, 0.1) is 0 Å². The number of hydrazine groups is 1. The van der Waals surface area contributed by atoms with Gasteiger partial charge in [-0.05, 0) is 12.0 Å². The van der Waals surface area contributed by atoms with Crippen LogP contribution in [0.15, 0.2) is 30.3 Å². The quantitative estimate of drug-likeness (QED) is 0.678. The van der Waals surface area contributed by atoms with Gasteiger partial charge < -0.3 is 0 Å². The minimum absolute atomic E-state index is 0.515. The third-order valence-electron chi connectivity index (χ3n) is 1.72. The van der Waals surface area contributed by atoms with E-state index in [1.807, 2.05) is 30.3 Å². The first-order valence-electron chi connectivity index (χ1n) is 4.56. The number of nitrogens with one attached hydrogen (secondary N) is 1. The summed E-state index contributed by atoms with van der Waals surface area (Å²) in [5.74, 6) is 0. The molecule has 3 heteroatoms. The monoisotopic (exact) mass is 180 g/mol. The topological polar surface area (TPSA) is 35.5 Å². The summed E-state index contributed by atoms with van der Waals surface area (Å²) in [5.41, 5.74) is 3.96. The molecular weight excluding hydrogens is 164 g/mol. The van der Waals surface area contributed by atoms with Gasteiger partial charge >= 0.3 is 0 Å². The van der Waals surface area contributed by atoms with E-state index in [2.05, 4.69) is 12.3 Å². The minimum atomic E-state index is 0.515.